The molecule has 0 bridgehead atoms. The summed E-state index contributed by atoms with van der Waals surface area (Å²) >= 11 is 0. The third-order valence-corrected chi connectivity index (χ3v) is 4.74. The van der Waals surface area contributed by atoms with Crippen molar-refractivity contribution in [3.05, 3.63) is 29.8 Å². The van der Waals surface area contributed by atoms with Crippen LogP contribution in [0, 0.1) is 10.8 Å². The molecule has 18 heavy (non-hydrogen) atoms. The van der Waals surface area contributed by atoms with Crippen molar-refractivity contribution < 1.29 is 4.79 Å². The summed E-state index contributed by atoms with van der Waals surface area (Å²) in [6.45, 7) is 8.79. The van der Waals surface area contributed by atoms with Crippen LogP contribution in [0.5, 0.6) is 0 Å². The average Bonchev–Trinajstić information content (AvgIpc) is 2.71. The van der Waals surface area contributed by atoms with E-state index >= 15 is 0 Å². The lowest BCUT2D eigenvalue weighted by Crippen LogP contribution is -2.30. The minimum Gasteiger partial charge on any atom is -0.387 e. The van der Waals surface area contributed by atoms with Gasteiger partial charge < -0.3 is 10.6 Å². The quantitative estimate of drug-likeness (QED) is 0.861. The van der Waals surface area contributed by atoms with E-state index in [0.29, 0.717) is 5.56 Å². The van der Waals surface area contributed by atoms with Crippen LogP contribution in [0.1, 0.15) is 38.1 Å². The highest BCUT2D eigenvalue weighted by molar-refractivity contribution is 6.00. The number of rotatable bonds is 3. The fraction of sp³-hybridized carbons (Fsp3) is 0.533. The van der Waals surface area contributed by atoms with Gasteiger partial charge in [0.05, 0.1) is 5.56 Å². The number of para-hydroxylation sites is 1. The van der Waals surface area contributed by atoms with Gasteiger partial charge in [-0.05, 0) is 23.0 Å². The van der Waals surface area contributed by atoms with Crippen molar-refractivity contribution in [1.82, 2.24) is 5.32 Å². The molecule has 1 saturated carbocycles. The van der Waals surface area contributed by atoms with Crippen LogP contribution in [0.15, 0.2) is 24.3 Å². The van der Waals surface area contributed by atoms with Crippen molar-refractivity contribution in [3.63, 3.8) is 0 Å². The molecular weight excluding hydrogens is 224 g/mol. The largest absolute Gasteiger partial charge is 0.387 e. The molecule has 2 rings (SSSR count). The lowest BCUT2D eigenvalue weighted by atomic mass is 10.0. The summed E-state index contributed by atoms with van der Waals surface area (Å²) in [6.07, 6.45) is 0. The van der Waals surface area contributed by atoms with Gasteiger partial charge in [-0.1, -0.05) is 39.8 Å². The lowest BCUT2D eigenvalue weighted by Gasteiger charge is -2.10. The van der Waals surface area contributed by atoms with E-state index in [0.717, 1.165) is 5.69 Å². The third-order valence-electron chi connectivity index (χ3n) is 4.74. The summed E-state index contributed by atoms with van der Waals surface area (Å²) < 4.78 is 0. The van der Waals surface area contributed by atoms with E-state index in [1.54, 1.807) is 0 Å². The van der Waals surface area contributed by atoms with E-state index in [4.69, 9.17) is 0 Å². The number of nitrogens with one attached hydrogen (secondary N) is 2. The van der Waals surface area contributed by atoms with E-state index < -0.39 is 0 Å². The van der Waals surface area contributed by atoms with Gasteiger partial charge in [0, 0.05) is 18.8 Å². The van der Waals surface area contributed by atoms with Gasteiger partial charge in [-0.15, -0.1) is 0 Å². The Balaban J connectivity index is 2.15. The molecule has 0 aromatic heterocycles. The van der Waals surface area contributed by atoms with E-state index in [9.17, 15) is 4.79 Å². The Kier molecular flexibility index (Phi) is 2.88. The maximum absolute atomic E-state index is 12.3. The Morgan fingerprint density at radius 1 is 1.11 bits per heavy atom. The van der Waals surface area contributed by atoms with Gasteiger partial charge in [0.1, 0.15) is 0 Å². The Bertz CT molecular complexity index is 463. The normalized spacial score (nSPS) is 20.3. The van der Waals surface area contributed by atoms with Crippen molar-refractivity contribution >= 4 is 11.6 Å². The maximum Gasteiger partial charge on any atom is 0.253 e. The summed E-state index contributed by atoms with van der Waals surface area (Å²) in [7, 11) is 1.83. The van der Waals surface area contributed by atoms with Crippen LogP contribution >= 0.6 is 0 Å². The first-order chi connectivity index (χ1) is 8.32. The van der Waals surface area contributed by atoms with Crippen LogP contribution in [0.2, 0.25) is 0 Å². The van der Waals surface area contributed by atoms with Gasteiger partial charge in [0.25, 0.3) is 5.91 Å². The minimum atomic E-state index is 0.00333. The van der Waals surface area contributed by atoms with Gasteiger partial charge >= 0.3 is 0 Å². The monoisotopic (exact) mass is 246 g/mol. The molecule has 3 nitrogen and oxygen atoms in total. The number of carbonyl (C=O) groups excluding carboxylic acids is 1. The fourth-order valence-corrected chi connectivity index (χ4v) is 2.67. The molecule has 0 heterocycles. The molecule has 0 radical (unpaired) electrons. The number of carbonyl (C=O) groups is 1. The molecule has 1 aliphatic carbocycles. The second kappa shape index (κ2) is 4.01. The van der Waals surface area contributed by atoms with Crippen LogP contribution in [-0.2, 0) is 0 Å². The molecule has 1 amide bonds. The first-order valence-electron chi connectivity index (χ1n) is 6.40. The molecule has 3 heteroatoms. The Hall–Kier alpha value is -1.51. The fourth-order valence-electron chi connectivity index (χ4n) is 2.67. The zero-order valence-electron chi connectivity index (χ0n) is 11.8. The molecule has 98 valence electrons. The highest BCUT2D eigenvalue weighted by Gasteiger charge is 2.65. The summed E-state index contributed by atoms with van der Waals surface area (Å²) in [5.41, 5.74) is 1.90. The van der Waals surface area contributed by atoms with Gasteiger partial charge in [0.2, 0.25) is 0 Å². The topological polar surface area (TPSA) is 41.1 Å². The first-order valence-corrected chi connectivity index (χ1v) is 6.40. The lowest BCUT2D eigenvalue weighted by molar-refractivity contribution is 0.0944. The maximum atomic E-state index is 12.3. The number of anilines is 1. The summed E-state index contributed by atoms with van der Waals surface area (Å²) in [5, 5.41) is 6.20. The van der Waals surface area contributed by atoms with Crippen LogP contribution in [0.3, 0.4) is 0 Å². The third kappa shape index (κ3) is 1.78. The van der Waals surface area contributed by atoms with Crippen LogP contribution in [0.4, 0.5) is 5.69 Å². The molecular formula is C15H22N2O. The molecule has 0 saturated heterocycles. The second-order valence-corrected chi connectivity index (χ2v) is 6.15. The smallest absolute Gasteiger partial charge is 0.253 e. The highest BCUT2D eigenvalue weighted by atomic mass is 16.1. The zero-order valence-corrected chi connectivity index (χ0v) is 11.8. The predicted molar refractivity (Wildman–Crippen MR) is 74.8 cm³/mol. The summed E-state index contributed by atoms with van der Waals surface area (Å²) in [5.74, 6) is 0.00333. The Labute approximate surface area is 109 Å². The standard InChI is InChI=1S/C15H22N2O/c1-14(2)13(15(14,3)4)17-12(18)10-8-6-7-9-11(10)16-5/h6-9,13,16H,1-5H3,(H,17,18). The SMILES string of the molecule is CNc1ccccc1C(=O)NC1C(C)(C)C1(C)C. The molecule has 1 fully saturated rings. The number of hydrogen-bond acceptors (Lipinski definition) is 2. The zero-order chi connectivity index (χ0) is 13.6. The molecule has 1 aliphatic rings. The van der Waals surface area contributed by atoms with Gasteiger partial charge in [-0.3, -0.25) is 4.79 Å². The Morgan fingerprint density at radius 3 is 2.17 bits per heavy atom. The van der Waals surface area contributed by atoms with E-state index in [1.807, 2.05) is 31.3 Å². The number of hydrogen-bond donors (Lipinski definition) is 2. The van der Waals surface area contributed by atoms with Crippen LogP contribution in [0.25, 0.3) is 0 Å². The Morgan fingerprint density at radius 2 is 1.67 bits per heavy atom. The molecule has 0 spiro atoms. The van der Waals surface area contributed by atoms with E-state index in [2.05, 4.69) is 38.3 Å². The average molecular weight is 246 g/mol. The van der Waals surface area contributed by atoms with Crippen molar-refractivity contribution in [2.45, 2.75) is 33.7 Å². The van der Waals surface area contributed by atoms with E-state index in [1.165, 1.54) is 0 Å². The molecule has 2 N–H and O–H groups in total. The van der Waals surface area contributed by atoms with Crippen molar-refractivity contribution in [2.75, 3.05) is 12.4 Å². The second-order valence-electron chi connectivity index (χ2n) is 6.15. The molecule has 1 aromatic carbocycles. The highest BCUT2D eigenvalue weighted by Crippen LogP contribution is 2.62. The van der Waals surface area contributed by atoms with Gasteiger partial charge in [-0.2, -0.15) is 0 Å². The minimum absolute atomic E-state index is 0.00333. The predicted octanol–water partition coefficient (Wildman–Crippen LogP) is 2.89. The first kappa shape index (κ1) is 12.9. The van der Waals surface area contributed by atoms with Gasteiger partial charge in [0.15, 0.2) is 0 Å². The number of amides is 1. The number of benzene rings is 1. The van der Waals surface area contributed by atoms with Crippen molar-refractivity contribution in [1.29, 1.82) is 0 Å². The van der Waals surface area contributed by atoms with Crippen LogP contribution < -0.4 is 10.6 Å². The van der Waals surface area contributed by atoms with Crippen LogP contribution in [-0.4, -0.2) is 19.0 Å². The molecule has 0 aliphatic heterocycles. The van der Waals surface area contributed by atoms with Gasteiger partial charge in [-0.25, -0.2) is 0 Å². The van der Waals surface area contributed by atoms with E-state index in [-0.39, 0.29) is 22.8 Å². The summed E-state index contributed by atoms with van der Waals surface area (Å²) in [6, 6.07) is 7.82. The summed E-state index contributed by atoms with van der Waals surface area (Å²) in [4.78, 5) is 12.3. The van der Waals surface area contributed by atoms with Crippen molar-refractivity contribution in [3.8, 4) is 0 Å². The molecule has 0 atom stereocenters. The van der Waals surface area contributed by atoms with Crippen molar-refractivity contribution in [2.24, 2.45) is 10.8 Å². The molecule has 0 unspecified atom stereocenters. The molecule has 1 aromatic rings.